The van der Waals surface area contributed by atoms with Crippen molar-refractivity contribution in [2.45, 2.75) is 51.6 Å². The lowest BCUT2D eigenvalue weighted by Gasteiger charge is -2.32. The average Bonchev–Trinajstić information content (AvgIpc) is 2.42. The zero-order chi connectivity index (χ0) is 15.2. The van der Waals surface area contributed by atoms with E-state index >= 15 is 0 Å². The number of rotatable bonds is 6. The summed E-state index contributed by atoms with van der Waals surface area (Å²) >= 11 is 0. The molecule has 118 valence electrons. The van der Waals surface area contributed by atoms with Gasteiger partial charge in [0.25, 0.3) is 0 Å². The summed E-state index contributed by atoms with van der Waals surface area (Å²) in [6.45, 7) is 2.31. The Morgan fingerprint density at radius 1 is 1.35 bits per heavy atom. The molecular weight excluding hydrogens is 271 g/mol. The number of alkyl halides is 3. The molecule has 3 nitrogen and oxygen atoms in total. The first-order valence-corrected chi connectivity index (χ1v) is 7.35. The van der Waals surface area contributed by atoms with Crippen LogP contribution in [-0.2, 0) is 4.79 Å². The van der Waals surface area contributed by atoms with Crippen molar-refractivity contribution in [1.82, 2.24) is 5.32 Å². The molecule has 3 unspecified atom stereocenters. The molecule has 0 saturated heterocycles. The molecule has 0 bridgehead atoms. The SMILES string of the molecule is CCC(CCO)CNC(=O)C1CCCCC1C(F)(F)F. The quantitative estimate of drug-likeness (QED) is 0.791. The van der Waals surface area contributed by atoms with Crippen LogP contribution in [0.15, 0.2) is 0 Å². The molecule has 1 aliphatic carbocycles. The Morgan fingerprint density at radius 2 is 2.00 bits per heavy atom. The number of halogens is 3. The molecule has 1 aliphatic rings. The molecule has 1 saturated carbocycles. The maximum atomic E-state index is 12.9. The topological polar surface area (TPSA) is 49.3 Å². The Morgan fingerprint density at radius 3 is 2.55 bits per heavy atom. The summed E-state index contributed by atoms with van der Waals surface area (Å²) in [6.07, 6.45) is -1.37. The molecule has 0 aromatic carbocycles. The van der Waals surface area contributed by atoms with E-state index in [1.807, 2.05) is 6.92 Å². The van der Waals surface area contributed by atoms with Gasteiger partial charge in [-0.25, -0.2) is 0 Å². The van der Waals surface area contributed by atoms with Crippen molar-refractivity contribution in [1.29, 1.82) is 0 Å². The fourth-order valence-electron chi connectivity index (χ4n) is 2.85. The summed E-state index contributed by atoms with van der Waals surface area (Å²) in [4.78, 5) is 12.0. The lowest BCUT2D eigenvalue weighted by Crippen LogP contribution is -2.43. The molecule has 0 aromatic heterocycles. The third-order valence-electron chi connectivity index (χ3n) is 4.20. The van der Waals surface area contributed by atoms with Crippen LogP contribution in [0.4, 0.5) is 13.2 Å². The second-order valence-corrected chi connectivity index (χ2v) is 5.57. The van der Waals surface area contributed by atoms with Gasteiger partial charge in [0.1, 0.15) is 0 Å². The Kier molecular flexibility index (Phi) is 6.79. The second kappa shape index (κ2) is 7.86. The Hall–Kier alpha value is -0.780. The van der Waals surface area contributed by atoms with Gasteiger partial charge < -0.3 is 10.4 Å². The van der Waals surface area contributed by atoms with Crippen molar-refractivity contribution < 1.29 is 23.1 Å². The number of carbonyl (C=O) groups excluding carboxylic acids is 1. The van der Waals surface area contributed by atoms with Crippen molar-refractivity contribution in [2.24, 2.45) is 17.8 Å². The molecule has 1 rings (SSSR count). The van der Waals surface area contributed by atoms with Crippen molar-refractivity contribution in [2.75, 3.05) is 13.2 Å². The van der Waals surface area contributed by atoms with Crippen molar-refractivity contribution in [3.63, 3.8) is 0 Å². The third-order valence-corrected chi connectivity index (χ3v) is 4.20. The highest BCUT2D eigenvalue weighted by atomic mass is 19.4. The third kappa shape index (κ3) is 4.96. The molecule has 1 amide bonds. The highest BCUT2D eigenvalue weighted by Crippen LogP contribution is 2.41. The maximum Gasteiger partial charge on any atom is 0.392 e. The number of hydrogen-bond acceptors (Lipinski definition) is 2. The normalized spacial score (nSPS) is 25.2. The van der Waals surface area contributed by atoms with Crippen molar-refractivity contribution >= 4 is 5.91 Å². The van der Waals surface area contributed by atoms with Gasteiger partial charge in [0, 0.05) is 19.1 Å². The number of carbonyl (C=O) groups is 1. The van der Waals surface area contributed by atoms with Crippen LogP contribution < -0.4 is 5.32 Å². The molecule has 0 radical (unpaired) electrons. The van der Waals surface area contributed by atoms with Gasteiger partial charge in [-0.2, -0.15) is 13.2 Å². The zero-order valence-electron chi connectivity index (χ0n) is 11.9. The summed E-state index contributed by atoms with van der Waals surface area (Å²) in [5, 5.41) is 11.5. The lowest BCUT2D eigenvalue weighted by molar-refractivity contribution is -0.198. The van der Waals surface area contributed by atoms with E-state index < -0.39 is 23.9 Å². The molecule has 0 heterocycles. The van der Waals surface area contributed by atoms with Gasteiger partial charge in [0.2, 0.25) is 5.91 Å². The van der Waals surface area contributed by atoms with E-state index in [0.717, 1.165) is 6.42 Å². The van der Waals surface area contributed by atoms with E-state index in [2.05, 4.69) is 5.32 Å². The fourth-order valence-corrected chi connectivity index (χ4v) is 2.85. The van der Waals surface area contributed by atoms with Gasteiger partial charge >= 0.3 is 6.18 Å². The van der Waals surface area contributed by atoms with E-state index in [0.29, 0.717) is 32.2 Å². The Labute approximate surface area is 117 Å². The number of nitrogens with one attached hydrogen (secondary N) is 1. The summed E-state index contributed by atoms with van der Waals surface area (Å²) in [5.74, 6) is -2.81. The van der Waals surface area contributed by atoms with Gasteiger partial charge in [0.05, 0.1) is 5.92 Å². The number of aliphatic hydroxyl groups excluding tert-OH is 1. The van der Waals surface area contributed by atoms with Gasteiger partial charge in [-0.05, 0) is 25.2 Å². The van der Waals surface area contributed by atoms with Gasteiger partial charge in [-0.1, -0.05) is 26.2 Å². The average molecular weight is 295 g/mol. The van der Waals surface area contributed by atoms with Crippen LogP contribution in [0.5, 0.6) is 0 Å². The Balaban J connectivity index is 2.55. The van der Waals surface area contributed by atoms with Crippen LogP contribution in [0.1, 0.15) is 45.4 Å². The van der Waals surface area contributed by atoms with E-state index in [-0.39, 0.29) is 18.9 Å². The lowest BCUT2D eigenvalue weighted by atomic mass is 9.78. The minimum atomic E-state index is -4.29. The number of amides is 1. The monoisotopic (exact) mass is 295 g/mol. The first kappa shape index (κ1) is 17.3. The summed E-state index contributed by atoms with van der Waals surface area (Å²) < 4.78 is 38.8. The van der Waals surface area contributed by atoms with Crippen LogP contribution >= 0.6 is 0 Å². The van der Waals surface area contributed by atoms with Gasteiger partial charge in [-0.3, -0.25) is 4.79 Å². The minimum absolute atomic E-state index is 0.0307. The zero-order valence-corrected chi connectivity index (χ0v) is 11.9. The molecule has 1 fully saturated rings. The molecular formula is C14H24F3NO2. The fraction of sp³-hybridized carbons (Fsp3) is 0.929. The summed E-state index contributed by atoms with van der Waals surface area (Å²) in [7, 11) is 0. The van der Waals surface area contributed by atoms with Crippen LogP contribution in [0.25, 0.3) is 0 Å². The predicted octanol–water partition coefficient (Wildman–Crippen LogP) is 2.88. The molecule has 6 heteroatoms. The van der Waals surface area contributed by atoms with Gasteiger partial charge in [-0.15, -0.1) is 0 Å². The Bertz CT molecular complexity index is 307. The molecule has 0 aromatic rings. The van der Waals surface area contributed by atoms with Crippen LogP contribution in [-0.4, -0.2) is 30.3 Å². The first-order chi connectivity index (χ1) is 9.40. The van der Waals surface area contributed by atoms with E-state index in [4.69, 9.17) is 5.11 Å². The largest absolute Gasteiger partial charge is 0.396 e. The van der Waals surface area contributed by atoms with Crippen LogP contribution in [0.2, 0.25) is 0 Å². The maximum absolute atomic E-state index is 12.9. The van der Waals surface area contributed by atoms with E-state index in [9.17, 15) is 18.0 Å². The van der Waals surface area contributed by atoms with Crippen molar-refractivity contribution in [3.8, 4) is 0 Å². The second-order valence-electron chi connectivity index (χ2n) is 5.57. The van der Waals surface area contributed by atoms with Crippen molar-refractivity contribution in [3.05, 3.63) is 0 Å². The van der Waals surface area contributed by atoms with Crippen LogP contribution in [0, 0.1) is 17.8 Å². The molecule has 3 atom stereocenters. The minimum Gasteiger partial charge on any atom is -0.396 e. The summed E-state index contributed by atoms with van der Waals surface area (Å²) in [5.41, 5.74) is 0. The number of aliphatic hydroxyl groups is 1. The predicted molar refractivity (Wildman–Crippen MR) is 70.0 cm³/mol. The van der Waals surface area contributed by atoms with Gasteiger partial charge in [0.15, 0.2) is 0 Å². The molecule has 20 heavy (non-hydrogen) atoms. The van der Waals surface area contributed by atoms with E-state index in [1.165, 1.54) is 0 Å². The van der Waals surface area contributed by atoms with E-state index in [1.54, 1.807) is 0 Å². The first-order valence-electron chi connectivity index (χ1n) is 7.35. The highest BCUT2D eigenvalue weighted by molar-refractivity contribution is 5.79. The molecule has 0 spiro atoms. The van der Waals surface area contributed by atoms with Crippen LogP contribution in [0.3, 0.4) is 0 Å². The standard InChI is InChI=1S/C14H24F3NO2/c1-2-10(7-8-19)9-18-13(20)11-5-3-4-6-12(11)14(15,16)17/h10-12,19H,2-9H2,1H3,(H,18,20). The smallest absolute Gasteiger partial charge is 0.392 e. The summed E-state index contributed by atoms with van der Waals surface area (Å²) in [6, 6.07) is 0. The highest BCUT2D eigenvalue weighted by Gasteiger charge is 2.47. The molecule has 0 aliphatic heterocycles. The molecule has 2 N–H and O–H groups in total. The number of hydrogen-bond donors (Lipinski definition) is 2.